The Balaban J connectivity index is 0.000000583. The molecule has 0 radical (unpaired) electrons. The minimum Gasteiger partial charge on any atom is -0.487 e. The van der Waals surface area contributed by atoms with Gasteiger partial charge in [0.25, 0.3) is 0 Å². The first kappa shape index (κ1) is 13.4. The molecular weight excluding hydrogens is 186 g/mol. The highest BCUT2D eigenvalue weighted by molar-refractivity contribution is 5.48. The van der Waals surface area contributed by atoms with Gasteiger partial charge in [0, 0.05) is 0 Å². The molecule has 1 aromatic carbocycles. The summed E-state index contributed by atoms with van der Waals surface area (Å²) in [6, 6.07) is 8.00. The van der Waals surface area contributed by atoms with Crippen molar-refractivity contribution in [1.82, 2.24) is 0 Å². The van der Waals surface area contributed by atoms with Gasteiger partial charge in [-0.2, -0.15) is 0 Å². The van der Waals surface area contributed by atoms with Gasteiger partial charge < -0.3 is 10.1 Å². The number of ether oxygens (including phenoxy) is 1. The topological polar surface area (TPSA) is 33.1 Å². The average molecular weight is 205 g/mol. The van der Waals surface area contributed by atoms with Crippen molar-refractivity contribution in [3.63, 3.8) is 0 Å². The minimum absolute atomic E-state index is 0.0766. The monoisotopic (exact) mass is 205 g/mol. The van der Waals surface area contributed by atoms with Crippen LogP contribution in [-0.2, 0) is 0 Å². The molecule has 0 saturated carbocycles. The molecule has 15 heavy (non-hydrogen) atoms. The van der Waals surface area contributed by atoms with Gasteiger partial charge in [-0.05, 0) is 39.1 Å². The second-order valence-electron chi connectivity index (χ2n) is 3.16. The third-order valence-corrected chi connectivity index (χ3v) is 1.67. The maximum absolute atomic E-state index is 6.08. The van der Waals surface area contributed by atoms with E-state index in [9.17, 15) is 0 Å². The molecule has 2 nitrogen and oxygen atoms in total. The molecule has 1 aromatic rings. The fourth-order valence-electron chi connectivity index (χ4n) is 0.880. The van der Waals surface area contributed by atoms with Gasteiger partial charge in [0.2, 0.25) is 0 Å². The second kappa shape index (κ2) is 7.80. The molecule has 0 aromatic heterocycles. The summed E-state index contributed by atoms with van der Waals surface area (Å²) in [6.07, 6.45) is 3.10. The zero-order valence-electron chi connectivity index (χ0n) is 9.66. The summed E-state index contributed by atoms with van der Waals surface area (Å²) in [5.74, 6) is 0.896. The van der Waals surface area contributed by atoms with Crippen molar-refractivity contribution < 1.29 is 4.74 Å². The summed E-state index contributed by atoms with van der Waals surface area (Å²) < 4.78 is 5.50. The summed E-state index contributed by atoms with van der Waals surface area (Å²) in [5, 5.41) is 6.08. The van der Waals surface area contributed by atoms with E-state index in [0.717, 1.165) is 5.75 Å². The number of hydrogen-bond acceptors (Lipinski definition) is 2. The summed E-state index contributed by atoms with van der Waals surface area (Å²) in [4.78, 5) is 0. The summed E-state index contributed by atoms with van der Waals surface area (Å²) >= 11 is 0. The van der Waals surface area contributed by atoms with Crippen LogP contribution < -0.4 is 4.74 Å². The van der Waals surface area contributed by atoms with Gasteiger partial charge in [0.15, 0.2) is 0 Å². The number of hydrogen-bond donors (Lipinski definition) is 1. The Kier molecular flexibility index (Phi) is 6.98. The lowest BCUT2D eigenvalue weighted by molar-refractivity contribution is 0.270. The van der Waals surface area contributed by atoms with Crippen molar-refractivity contribution in [1.29, 1.82) is 5.41 Å². The predicted molar refractivity (Wildman–Crippen MR) is 65.9 cm³/mol. The van der Waals surface area contributed by atoms with Crippen molar-refractivity contribution >= 4 is 6.21 Å². The van der Waals surface area contributed by atoms with E-state index < -0.39 is 0 Å². The van der Waals surface area contributed by atoms with E-state index >= 15 is 0 Å². The van der Waals surface area contributed by atoms with Crippen LogP contribution >= 0.6 is 0 Å². The van der Waals surface area contributed by atoms with Crippen LogP contribution in [0.4, 0.5) is 0 Å². The Hall–Kier alpha value is -1.57. The molecule has 0 fully saturated rings. The second-order valence-corrected chi connectivity index (χ2v) is 3.16. The van der Waals surface area contributed by atoms with Gasteiger partial charge in [0.1, 0.15) is 11.9 Å². The molecule has 0 bridgehead atoms. The van der Waals surface area contributed by atoms with E-state index in [1.165, 1.54) is 11.8 Å². The van der Waals surface area contributed by atoms with Gasteiger partial charge in [-0.3, -0.25) is 0 Å². The normalized spacial score (nSPS) is 10.6. The van der Waals surface area contributed by atoms with Crippen molar-refractivity contribution in [2.75, 3.05) is 0 Å². The molecule has 1 atom stereocenters. The molecule has 0 aliphatic rings. The first-order valence-corrected chi connectivity index (χ1v) is 4.95. The Morgan fingerprint density at radius 2 is 1.80 bits per heavy atom. The maximum Gasteiger partial charge on any atom is 0.120 e. The highest BCUT2D eigenvalue weighted by Crippen LogP contribution is 2.13. The zero-order valence-corrected chi connectivity index (χ0v) is 9.66. The molecular formula is C13H19NO. The van der Waals surface area contributed by atoms with Gasteiger partial charge >= 0.3 is 0 Å². The summed E-state index contributed by atoms with van der Waals surface area (Å²) in [6.45, 7) is 9.34. The van der Waals surface area contributed by atoms with Crippen molar-refractivity contribution in [2.24, 2.45) is 0 Å². The fraction of sp³-hybridized carbons (Fsp3) is 0.308. The van der Waals surface area contributed by atoms with Crippen molar-refractivity contribution in [3.05, 3.63) is 42.5 Å². The number of rotatable bonds is 3. The molecule has 2 heteroatoms. The quantitative estimate of drug-likeness (QED) is 0.593. The smallest absolute Gasteiger partial charge is 0.120 e. The molecule has 1 N–H and O–H groups in total. The molecule has 0 aliphatic heterocycles. The first-order chi connectivity index (χ1) is 7.13. The van der Waals surface area contributed by atoms with Gasteiger partial charge in [-0.1, -0.05) is 30.4 Å². The van der Waals surface area contributed by atoms with E-state index in [0.29, 0.717) is 0 Å². The Morgan fingerprint density at radius 1 is 1.33 bits per heavy atom. The average Bonchev–Trinajstić information content (AvgIpc) is 2.22. The minimum atomic E-state index is 0.0766. The first-order valence-electron chi connectivity index (χ1n) is 4.95. The van der Waals surface area contributed by atoms with Crippen LogP contribution in [0.2, 0.25) is 0 Å². The summed E-state index contributed by atoms with van der Waals surface area (Å²) in [5.41, 5.74) is 1.24. The predicted octanol–water partition coefficient (Wildman–Crippen LogP) is 3.60. The molecule has 82 valence electrons. The maximum atomic E-state index is 6.08. The van der Waals surface area contributed by atoms with Crippen molar-refractivity contribution in [2.45, 2.75) is 26.9 Å². The lowest BCUT2D eigenvalue weighted by Gasteiger charge is -2.09. The molecule has 0 saturated heterocycles. The van der Waals surface area contributed by atoms with Crippen LogP contribution in [0.25, 0.3) is 0 Å². The Labute approximate surface area is 92.1 Å². The van der Waals surface area contributed by atoms with Gasteiger partial charge in [0.05, 0.1) is 0 Å². The summed E-state index contributed by atoms with van der Waals surface area (Å²) in [7, 11) is 0. The molecule has 0 amide bonds. The third-order valence-electron chi connectivity index (χ3n) is 1.67. The zero-order chi connectivity index (χ0) is 11.7. The largest absolute Gasteiger partial charge is 0.487 e. The van der Waals surface area contributed by atoms with E-state index in [4.69, 9.17) is 10.1 Å². The van der Waals surface area contributed by atoms with Crippen LogP contribution in [0.3, 0.4) is 0 Å². The lowest BCUT2D eigenvalue weighted by Crippen LogP contribution is -2.06. The molecule has 0 spiro atoms. The van der Waals surface area contributed by atoms with Crippen LogP contribution in [0.15, 0.2) is 36.9 Å². The van der Waals surface area contributed by atoms with Crippen LogP contribution in [0.5, 0.6) is 5.75 Å². The van der Waals surface area contributed by atoms with Crippen molar-refractivity contribution in [3.8, 4) is 5.75 Å². The SMILES string of the molecule is C=CC(C)Oc1ccc(C)cc1.CC=N. The lowest BCUT2D eigenvalue weighted by atomic mass is 10.2. The number of nitrogens with one attached hydrogen (secondary N) is 1. The number of benzene rings is 1. The van der Waals surface area contributed by atoms with Crippen LogP contribution in [0.1, 0.15) is 19.4 Å². The molecule has 0 heterocycles. The third kappa shape index (κ3) is 6.49. The van der Waals surface area contributed by atoms with E-state index in [1.54, 1.807) is 13.0 Å². The van der Waals surface area contributed by atoms with E-state index in [-0.39, 0.29) is 6.10 Å². The van der Waals surface area contributed by atoms with E-state index in [2.05, 4.69) is 13.5 Å². The molecule has 0 aliphatic carbocycles. The standard InChI is InChI=1S/C11H14O.C2H5N/c1-4-10(3)12-11-7-5-9(2)6-8-11;1-2-3/h4-8,10H,1H2,2-3H3;2-3H,1H3. The van der Waals surface area contributed by atoms with E-state index in [1.807, 2.05) is 31.2 Å². The Morgan fingerprint density at radius 3 is 2.20 bits per heavy atom. The van der Waals surface area contributed by atoms with Crippen LogP contribution in [0, 0.1) is 12.3 Å². The Bertz CT molecular complexity index is 290. The highest BCUT2D eigenvalue weighted by atomic mass is 16.5. The molecule has 1 rings (SSSR count). The highest BCUT2D eigenvalue weighted by Gasteiger charge is 1.96. The van der Waals surface area contributed by atoms with Gasteiger partial charge in [-0.25, -0.2) is 0 Å². The van der Waals surface area contributed by atoms with Gasteiger partial charge in [-0.15, -0.1) is 0 Å². The molecule has 1 unspecified atom stereocenters. The fourth-order valence-corrected chi connectivity index (χ4v) is 0.880. The van der Waals surface area contributed by atoms with Crippen LogP contribution in [-0.4, -0.2) is 12.3 Å². The number of aryl methyl sites for hydroxylation is 1.